The SMILES string of the molecule is COC(=O)C(C)(C)c1cn2c(=O)n(C(C)(C)C)nc2c(Cl)n1. The first-order chi connectivity index (χ1) is 10.00. The predicted molar refractivity (Wildman–Crippen MR) is 82.3 cm³/mol. The van der Waals surface area contributed by atoms with E-state index in [0.717, 1.165) is 0 Å². The van der Waals surface area contributed by atoms with Gasteiger partial charge in [0.25, 0.3) is 0 Å². The second kappa shape index (κ2) is 5.08. The molecule has 0 saturated heterocycles. The topological polar surface area (TPSA) is 78.5 Å². The largest absolute Gasteiger partial charge is 0.468 e. The molecule has 120 valence electrons. The van der Waals surface area contributed by atoms with Crippen molar-refractivity contribution >= 4 is 23.2 Å². The van der Waals surface area contributed by atoms with Crippen LogP contribution in [0.1, 0.15) is 40.3 Å². The Morgan fingerprint density at radius 2 is 1.86 bits per heavy atom. The fourth-order valence-electron chi connectivity index (χ4n) is 2.04. The molecule has 7 nitrogen and oxygen atoms in total. The summed E-state index contributed by atoms with van der Waals surface area (Å²) in [5.74, 6) is -0.466. The van der Waals surface area contributed by atoms with E-state index >= 15 is 0 Å². The van der Waals surface area contributed by atoms with Gasteiger partial charge in [-0.25, -0.2) is 18.9 Å². The van der Waals surface area contributed by atoms with Crippen LogP contribution in [0.2, 0.25) is 5.15 Å². The molecular formula is C14H19ClN4O3. The standard InChI is InChI=1S/C14H19ClN4O3/c1-13(2,3)19-12(21)18-7-8(14(4,5)11(20)22-6)16-9(15)10(18)17-19/h7H,1-6H3. The first-order valence-corrected chi connectivity index (χ1v) is 7.15. The molecule has 0 N–H and O–H groups in total. The average Bonchev–Trinajstić information content (AvgIpc) is 2.76. The molecule has 0 bridgehead atoms. The van der Waals surface area contributed by atoms with E-state index in [1.54, 1.807) is 13.8 Å². The quantitative estimate of drug-likeness (QED) is 0.786. The van der Waals surface area contributed by atoms with Gasteiger partial charge in [0.2, 0.25) is 0 Å². The number of carbonyl (C=O) groups is 1. The number of methoxy groups -OCH3 is 1. The van der Waals surface area contributed by atoms with E-state index < -0.39 is 16.9 Å². The zero-order chi connectivity index (χ0) is 16.9. The van der Waals surface area contributed by atoms with Crippen molar-refractivity contribution in [1.29, 1.82) is 0 Å². The van der Waals surface area contributed by atoms with E-state index in [2.05, 4.69) is 10.1 Å². The van der Waals surface area contributed by atoms with Crippen molar-refractivity contribution in [2.24, 2.45) is 0 Å². The van der Waals surface area contributed by atoms with Crippen LogP contribution in [-0.2, 0) is 20.5 Å². The fourth-order valence-corrected chi connectivity index (χ4v) is 2.26. The lowest BCUT2D eigenvalue weighted by molar-refractivity contribution is -0.146. The van der Waals surface area contributed by atoms with E-state index in [-0.39, 0.29) is 16.5 Å². The number of rotatable bonds is 2. The van der Waals surface area contributed by atoms with E-state index in [9.17, 15) is 9.59 Å². The monoisotopic (exact) mass is 326 g/mol. The molecule has 0 unspecified atom stereocenters. The summed E-state index contributed by atoms with van der Waals surface area (Å²) in [5.41, 5.74) is -1.27. The molecule has 0 aliphatic carbocycles. The van der Waals surface area contributed by atoms with Crippen molar-refractivity contribution in [3.8, 4) is 0 Å². The number of ether oxygens (including phenoxy) is 1. The van der Waals surface area contributed by atoms with Crippen molar-refractivity contribution in [2.45, 2.75) is 45.6 Å². The minimum absolute atomic E-state index is 0.0644. The van der Waals surface area contributed by atoms with Crippen molar-refractivity contribution in [3.05, 3.63) is 27.5 Å². The van der Waals surface area contributed by atoms with Crippen molar-refractivity contribution in [2.75, 3.05) is 7.11 Å². The third-order valence-electron chi connectivity index (χ3n) is 3.44. The highest BCUT2D eigenvalue weighted by atomic mass is 35.5. The van der Waals surface area contributed by atoms with Gasteiger partial charge in [-0.2, -0.15) is 0 Å². The molecule has 0 radical (unpaired) electrons. The number of halogens is 1. The Bertz CT molecular complexity index is 799. The summed E-state index contributed by atoms with van der Waals surface area (Å²) >= 11 is 6.15. The van der Waals surface area contributed by atoms with E-state index in [1.165, 1.54) is 22.4 Å². The van der Waals surface area contributed by atoms with Gasteiger partial charge < -0.3 is 4.74 Å². The van der Waals surface area contributed by atoms with Gasteiger partial charge in [-0.3, -0.25) is 4.79 Å². The van der Waals surface area contributed by atoms with Crippen LogP contribution in [0.4, 0.5) is 0 Å². The summed E-state index contributed by atoms with van der Waals surface area (Å²) in [6.45, 7) is 8.90. The van der Waals surface area contributed by atoms with E-state index in [0.29, 0.717) is 5.69 Å². The Morgan fingerprint density at radius 3 is 2.36 bits per heavy atom. The Labute approximate surface area is 132 Å². The van der Waals surface area contributed by atoms with Gasteiger partial charge >= 0.3 is 11.7 Å². The van der Waals surface area contributed by atoms with Gasteiger partial charge in [0.05, 0.1) is 18.3 Å². The molecule has 0 spiro atoms. The molecule has 0 aliphatic rings. The number of aromatic nitrogens is 4. The van der Waals surface area contributed by atoms with Gasteiger partial charge in [-0.15, -0.1) is 5.10 Å². The molecule has 0 amide bonds. The number of carbonyl (C=O) groups excluding carboxylic acids is 1. The third kappa shape index (κ3) is 2.49. The Kier molecular flexibility index (Phi) is 3.81. The third-order valence-corrected chi connectivity index (χ3v) is 3.69. The molecule has 2 rings (SSSR count). The Hall–Kier alpha value is -1.89. The van der Waals surface area contributed by atoms with Crippen LogP contribution in [0.3, 0.4) is 0 Å². The molecule has 0 fully saturated rings. The van der Waals surface area contributed by atoms with Crippen molar-refractivity contribution in [1.82, 2.24) is 19.2 Å². The van der Waals surface area contributed by atoms with Crippen LogP contribution < -0.4 is 5.69 Å². The van der Waals surface area contributed by atoms with Gasteiger partial charge in [0.1, 0.15) is 5.41 Å². The number of fused-ring (bicyclic) bond motifs is 1. The molecule has 8 heteroatoms. The summed E-state index contributed by atoms with van der Waals surface area (Å²) in [4.78, 5) is 28.6. The van der Waals surface area contributed by atoms with Crippen LogP contribution >= 0.6 is 11.6 Å². The minimum Gasteiger partial charge on any atom is -0.468 e. The Balaban J connectivity index is 2.76. The number of esters is 1. The molecule has 0 aromatic carbocycles. The maximum Gasteiger partial charge on any atom is 0.350 e. The fraction of sp³-hybridized carbons (Fsp3) is 0.571. The van der Waals surface area contributed by atoms with Crippen LogP contribution in [0.25, 0.3) is 5.65 Å². The summed E-state index contributed by atoms with van der Waals surface area (Å²) < 4.78 is 7.43. The lowest BCUT2D eigenvalue weighted by Crippen LogP contribution is -2.35. The molecule has 0 aliphatic heterocycles. The van der Waals surface area contributed by atoms with Gasteiger partial charge in [-0.1, -0.05) is 11.6 Å². The van der Waals surface area contributed by atoms with Crippen LogP contribution in [0.5, 0.6) is 0 Å². The van der Waals surface area contributed by atoms with Gasteiger partial charge in [0, 0.05) is 6.20 Å². The second-order valence-electron chi connectivity index (χ2n) is 6.59. The summed E-state index contributed by atoms with van der Waals surface area (Å²) in [7, 11) is 1.30. The Morgan fingerprint density at radius 1 is 1.27 bits per heavy atom. The maximum atomic E-state index is 12.5. The summed E-state index contributed by atoms with van der Waals surface area (Å²) in [5, 5.41) is 4.29. The van der Waals surface area contributed by atoms with Gasteiger partial charge in [-0.05, 0) is 34.6 Å². The maximum absolute atomic E-state index is 12.5. The first-order valence-electron chi connectivity index (χ1n) is 6.77. The van der Waals surface area contributed by atoms with Crippen LogP contribution in [0.15, 0.2) is 11.0 Å². The number of hydrogen-bond acceptors (Lipinski definition) is 5. The zero-order valence-electron chi connectivity index (χ0n) is 13.5. The summed E-state index contributed by atoms with van der Waals surface area (Å²) in [6, 6.07) is 0. The number of nitrogens with zero attached hydrogens (tertiary/aromatic N) is 4. The normalized spacial score (nSPS) is 12.7. The summed E-state index contributed by atoms with van der Waals surface area (Å²) in [6.07, 6.45) is 1.48. The smallest absolute Gasteiger partial charge is 0.350 e. The highest BCUT2D eigenvalue weighted by Gasteiger charge is 2.34. The van der Waals surface area contributed by atoms with Crippen LogP contribution in [-0.4, -0.2) is 32.2 Å². The highest BCUT2D eigenvalue weighted by molar-refractivity contribution is 6.32. The first kappa shape index (κ1) is 16.5. The molecule has 2 aromatic rings. The molecular weight excluding hydrogens is 308 g/mol. The van der Waals surface area contributed by atoms with Crippen molar-refractivity contribution < 1.29 is 9.53 Å². The van der Waals surface area contributed by atoms with Gasteiger partial charge in [0.15, 0.2) is 10.8 Å². The highest BCUT2D eigenvalue weighted by Crippen LogP contribution is 2.25. The molecule has 2 aromatic heterocycles. The minimum atomic E-state index is -1.03. The lowest BCUT2D eigenvalue weighted by Gasteiger charge is -2.20. The molecule has 0 atom stereocenters. The van der Waals surface area contributed by atoms with Crippen LogP contribution in [0, 0.1) is 0 Å². The van der Waals surface area contributed by atoms with E-state index in [4.69, 9.17) is 16.3 Å². The molecule has 0 saturated carbocycles. The lowest BCUT2D eigenvalue weighted by atomic mass is 9.90. The molecule has 2 heterocycles. The zero-order valence-corrected chi connectivity index (χ0v) is 14.2. The number of hydrogen-bond donors (Lipinski definition) is 0. The second-order valence-corrected chi connectivity index (χ2v) is 6.95. The van der Waals surface area contributed by atoms with Crippen molar-refractivity contribution in [3.63, 3.8) is 0 Å². The van der Waals surface area contributed by atoms with E-state index in [1.807, 2.05) is 20.8 Å². The molecule has 22 heavy (non-hydrogen) atoms. The predicted octanol–water partition coefficient (Wildman–Crippen LogP) is 1.75. The average molecular weight is 327 g/mol.